The molecule has 0 bridgehead atoms. The Morgan fingerprint density at radius 1 is 1.20 bits per heavy atom. The number of nitrogens with one attached hydrogen (secondary N) is 1. The molecule has 0 aliphatic carbocycles. The SMILES string of the molecule is CC(C)(CNC(CC#N)c1ccccc1)c1cccs1. The minimum Gasteiger partial charge on any atom is -0.308 e. The van der Waals surface area contributed by atoms with E-state index in [1.54, 1.807) is 11.3 Å². The first kappa shape index (κ1) is 14.8. The number of nitrogens with zero attached hydrogens (tertiary/aromatic N) is 1. The van der Waals surface area contributed by atoms with Crippen LogP contribution in [0.15, 0.2) is 47.8 Å². The Morgan fingerprint density at radius 3 is 2.55 bits per heavy atom. The number of benzene rings is 1. The molecule has 1 aromatic carbocycles. The van der Waals surface area contributed by atoms with Crippen LogP contribution in [0.5, 0.6) is 0 Å². The summed E-state index contributed by atoms with van der Waals surface area (Å²) in [4.78, 5) is 1.37. The molecule has 0 spiro atoms. The average Bonchev–Trinajstić information content (AvgIpc) is 2.99. The first-order valence-corrected chi connectivity index (χ1v) is 7.71. The molecule has 1 aromatic heterocycles. The Kier molecular flexibility index (Phi) is 4.94. The van der Waals surface area contributed by atoms with Gasteiger partial charge in [-0.05, 0) is 17.0 Å². The molecule has 3 heteroatoms. The van der Waals surface area contributed by atoms with Crippen molar-refractivity contribution >= 4 is 11.3 Å². The molecular weight excluding hydrogens is 264 g/mol. The lowest BCUT2D eigenvalue weighted by Gasteiger charge is -2.27. The maximum atomic E-state index is 9.02. The summed E-state index contributed by atoms with van der Waals surface area (Å²) in [6, 6.07) is 16.8. The third kappa shape index (κ3) is 3.69. The first-order chi connectivity index (χ1) is 9.63. The highest BCUT2D eigenvalue weighted by molar-refractivity contribution is 7.10. The van der Waals surface area contributed by atoms with Gasteiger partial charge in [0.2, 0.25) is 0 Å². The highest BCUT2D eigenvalue weighted by atomic mass is 32.1. The molecule has 0 aliphatic heterocycles. The van der Waals surface area contributed by atoms with Gasteiger partial charge in [-0.2, -0.15) is 5.26 Å². The van der Waals surface area contributed by atoms with Crippen LogP contribution in [0.1, 0.15) is 36.8 Å². The van der Waals surface area contributed by atoms with Crippen molar-refractivity contribution in [3.63, 3.8) is 0 Å². The van der Waals surface area contributed by atoms with E-state index in [4.69, 9.17) is 5.26 Å². The van der Waals surface area contributed by atoms with E-state index in [2.05, 4.69) is 54.9 Å². The largest absolute Gasteiger partial charge is 0.308 e. The second-order valence-corrected chi connectivity index (χ2v) is 6.52. The molecule has 0 fully saturated rings. The summed E-state index contributed by atoms with van der Waals surface area (Å²) in [5.74, 6) is 0. The molecule has 1 N–H and O–H groups in total. The lowest BCUT2D eigenvalue weighted by molar-refractivity contribution is 0.430. The van der Waals surface area contributed by atoms with Crippen LogP contribution in [0.25, 0.3) is 0 Å². The van der Waals surface area contributed by atoms with Gasteiger partial charge < -0.3 is 5.32 Å². The van der Waals surface area contributed by atoms with Crippen LogP contribution in [0.4, 0.5) is 0 Å². The topological polar surface area (TPSA) is 35.8 Å². The Bertz CT molecular complexity index is 552. The first-order valence-electron chi connectivity index (χ1n) is 6.83. The van der Waals surface area contributed by atoms with E-state index in [1.807, 2.05) is 18.2 Å². The Labute approximate surface area is 125 Å². The van der Waals surface area contributed by atoms with E-state index in [0.717, 1.165) is 6.54 Å². The highest BCUT2D eigenvalue weighted by Crippen LogP contribution is 2.28. The van der Waals surface area contributed by atoms with Crippen LogP contribution >= 0.6 is 11.3 Å². The van der Waals surface area contributed by atoms with Crippen LogP contribution in [0, 0.1) is 11.3 Å². The van der Waals surface area contributed by atoms with Crippen molar-refractivity contribution in [2.45, 2.75) is 31.7 Å². The molecular formula is C17H20N2S. The third-order valence-electron chi connectivity index (χ3n) is 3.48. The van der Waals surface area contributed by atoms with Crippen LogP contribution in [-0.2, 0) is 5.41 Å². The minimum absolute atomic E-state index is 0.0800. The smallest absolute Gasteiger partial charge is 0.0641 e. The van der Waals surface area contributed by atoms with Gasteiger partial charge in [-0.1, -0.05) is 50.2 Å². The van der Waals surface area contributed by atoms with Crippen molar-refractivity contribution < 1.29 is 0 Å². The van der Waals surface area contributed by atoms with E-state index < -0.39 is 0 Å². The lowest BCUT2D eigenvalue weighted by Crippen LogP contribution is -2.34. The molecule has 0 radical (unpaired) electrons. The van der Waals surface area contributed by atoms with Gasteiger partial charge >= 0.3 is 0 Å². The van der Waals surface area contributed by atoms with Crippen molar-refractivity contribution in [3.8, 4) is 6.07 Å². The van der Waals surface area contributed by atoms with Crippen molar-refractivity contribution in [2.75, 3.05) is 6.54 Å². The zero-order chi connectivity index (χ0) is 14.4. The monoisotopic (exact) mass is 284 g/mol. The van der Waals surface area contributed by atoms with Gasteiger partial charge in [0, 0.05) is 22.9 Å². The molecule has 0 saturated heterocycles. The zero-order valence-corrected chi connectivity index (χ0v) is 12.8. The van der Waals surface area contributed by atoms with Gasteiger partial charge in [-0.3, -0.25) is 0 Å². The van der Waals surface area contributed by atoms with Gasteiger partial charge in [0.15, 0.2) is 0 Å². The van der Waals surface area contributed by atoms with Crippen molar-refractivity contribution in [2.24, 2.45) is 0 Å². The van der Waals surface area contributed by atoms with Crippen molar-refractivity contribution in [1.29, 1.82) is 5.26 Å². The predicted octanol–water partition coefficient (Wildman–Crippen LogP) is 4.27. The Balaban J connectivity index is 2.05. The molecule has 1 atom stereocenters. The number of hydrogen-bond acceptors (Lipinski definition) is 3. The van der Waals surface area contributed by atoms with Gasteiger partial charge in [-0.15, -0.1) is 11.3 Å². The average molecular weight is 284 g/mol. The fraction of sp³-hybridized carbons (Fsp3) is 0.353. The fourth-order valence-corrected chi connectivity index (χ4v) is 3.07. The third-order valence-corrected chi connectivity index (χ3v) is 4.71. The minimum atomic E-state index is 0.0800. The maximum absolute atomic E-state index is 9.02. The van der Waals surface area contributed by atoms with Crippen molar-refractivity contribution in [1.82, 2.24) is 5.32 Å². The summed E-state index contributed by atoms with van der Waals surface area (Å²) in [6.07, 6.45) is 0.491. The second kappa shape index (κ2) is 6.69. The molecule has 2 aromatic rings. The molecule has 0 amide bonds. The van der Waals surface area contributed by atoms with E-state index in [0.29, 0.717) is 6.42 Å². The van der Waals surface area contributed by atoms with Crippen LogP contribution in [0.3, 0.4) is 0 Å². The standard InChI is InChI=1S/C17H20N2S/c1-17(2,16-9-6-12-20-16)13-19-15(10-11-18)14-7-4-3-5-8-14/h3-9,12,15,19H,10,13H2,1-2H3. The van der Waals surface area contributed by atoms with E-state index in [9.17, 15) is 0 Å². The summed E-state index contributed by atoms with van der Waals surface area (Å²) >= 11 is 1.79. The number of thiophene rings is 1. The normalized spacial score (nSPS) is 12.8. The molecule has 20 heavy (non-hydrogen) atoms. The molecule has 2 rings (SSSR count). The summed E-state index contributed by atoms with van der Waals surface area (Å²) < 4.78 is 0. The van der Waals surface area contributed by atoms with E-state index in [1.165, 1.54) is 10.4 Å². The molecule has 2 nitrogen and oxygen atoms in total. The Hall–Kier alpha value is -1.63. The number of nitriles is 1. The van der Waals surface area contributed by atoms with Gasteiger partial charge in [0.25, 0.3) is 0 Å². The number of rotatable bonds is 6. The molecule has 0 aliphatic rings. The van der Waals surface area contributed by atoms with E-state index in [-0.39, 0.29) is 11.5 Å². The molecule has 1 unspecified atom stereocenters. The van der Waals surface area contributed by atoms with Gasteiger partial charge in [0.05, 0.1) is 12.5 Å². The molecule has 0 saturated carbocycles. The van der Waals surface area contributed by atoms with Crippen LogP contribution < -0.4 is 5.32 Å². The lowest BCUT2D eigenvalue weighted by atomic mass is 9.90. The van der Waals surface area contributed by atoms with Gasteiger partial charge in [0.1, 0.15) is 0 Å². The summed E-state index contributed by atoms with van der Waals surface area (Å²) in [6.45, 7) is 5.33. The Morgan fingerprint density at radius 2 is 1.95 bits per heavy atom. The summed E-state index contributed by atoms with van der Waals surface area (Å²) in [5, 5.41) is 14.7. The zero-order valence-electron chi connectivity index (χ0n) is 12.0. The predicted molar refractivity (Wildman–Crippen MR) is 84.8 cm³/mol. The van der Waals surface area contributed by atoms with Crippen LogP contribution in [-0.4, -0.2) is 6.54 Å². The fourth-order valence-electron chi connectivity index (χ4n) is 2.21. The summed E-state index contributed by atoms with van der Waals surface area (Å²) in [7, 11) is 0. The van der Waals surface area contributed by atoms with E-state index >= 15 is 0 Å². The second-order valence-electron chi connectivity index (χ2n) is 5.57. The summed E-state index contributed by atoms with van der Waals surface area (Å²) in [5.41, 5.74) is 1.26. The molecule has 104 valence electrons. The van der Waals surface area contributed by atoms with Crippen molar-refractivity contribution in [3.05, 3.63) is 58.3 Å². The highest BCUT2D eigenvalue weighted by Gasteiger charge is 2.23. The van der Waals surface area contributed by atoms with Crippen LogP contribution in [0.2, 0.25) is 0 Å². The van der Waals surface area contributed by atoms with Gasteiger partial charge in [-0.25, -0.2) is 0 Å². The quantitative estimate of drug-likeness (QED) is 0.860. The molecule has 1 heterocycles. The maximum Gasteiger partial charge on any atom is 0.0641 e. The number of hydrogen-bond donors (Lipinski definition) is 1.